The first-order chi connectivity index (χ1) is 5.68. The molecule has 0 aromatic heterocycles. The van der Waals surface area contributed by atoms with Crippen LogP contribution in [0, 0.1) is 0 Å². The summed E-state index contributed by atoms with van der Waals surface area (Å²) >= 11 is 0. The van der Waals surface area contributed by atoms with Gasteiger partial charge in [-0.3, -0.25) is 0 Å². The highest BCUT2D eigenvalue weighted by Crippen LogP contribution is 2.41. The van der Waals surface area contributed by atoms with Crippen LogP contribution in [0.2, 0.25) is 0 Å². The Morgan fingerprint density at radius 1 is 1.25 bits per heavy atom. The van der Waals surface area contributed by atoms with Crippen LogP contribution in [-0.2, 0) is 0 Å². The summed E-state index contributed by atoms with van der Waals surface area (Å²) in [5, 5.41) is 18.2. The molecule has 0 heterocycles. The van der Waals surface area contributed by atoms with Crippen LogP contribution in [0.3, 0.4) is 0 Å². The lowest BCUT2D eigenvalue weighted by molar-refractivity contribution is 0.403. The zero-order valence-corrected chi connectivity index (χ0v) is 6.57. The van der Waals surface area contributed by atoms with E-state index in [1.54, 1.807) is 12.1 Å². The van der Waals surface area contributed by atoms with Crippen LogP contribution in [0.15, 0.2) is 18.2 Å². The SMILES string of the molecule is NC1CC1c1ccc(O)c(O)c1. The molecule has 0 aliphatic heterocycles. The van der Waals surface area contributed by atoms with E-state index in [1.807, 2.05) is 0 Å². The van der Waals surface area contributed by atoms with Gasteiger partial charge >= 0.3 is 0 Å². The highest BCUT2D eigenvalue weighted by molar-refractivity contribution is 5.43. The molecule has 1 fully saturated rings. The molecule has 1 saturated carbocycles. The largest absolute Gasteiger partial charge is 0.504 e. The zero-order chi connectivity index (χ0) is 8.72. The number of nitrogens with two attached hydrogens (primary N) is 1. The molecule has 4 N–H and O–H groups in total. The fourth-order valence-corrected chi connectivity index (χ4v) is 1.37. The van der Waals surface area contributed by atoms with Crippen molar-refractivity contribution in [2.75, 3.05) is 0 Å². The van der Waals surface area contributed by atoms with E-state index in [1.165, 1.54) is 6.07 Å². The van der Waals surface area contributed by atoms with Crippen LogP contribution in [0.1, 0.15) is 17.9 Å². The standard InChI is InChI=1S/C9H11NO2/c10-7-4-6(7)5-1-2-8(11)9(12)3-5/h1-3,6-7,11-12H,4,10H2. The smallest absolute Gasteiger partial charge is 0.157 e. The van der Waals surface area contributed by atoms with Crippen LogP contribution in [0.5, 0.6) is 11.5 Å². The summed E-state index contributed by atoms with van der Waals surface area (Å²) in [4.78, 5) is 0. The van der Waals surface area contributed by atoms with Crippen molar-refractivity contribution in [1.82, 2.24) is 0 Å². The van der Waals surface area contributed by atoms with E-state index in [2.05, 4.69) is 0 Å². The summed E-state index contributed by atoms with van der Waals surface area (Å²) < 4.78 is 0. The molecule has 2 rings (SSSR count). The van der Waals surface area contributed by atoms with Crippen molar-refractivity contribution in [3.8, 4) is 11.5 Å². The van der Waals surface area contributed by atoms with Crippen LogP contribution < -0.4 is 5.73 Å². The second-order valence-corrected chi connectivity index (χ2v) is 3.25. The molecule has 64 valence electrons. The van der Waals surface area contributed by atoms with Gasteiger partial charge in [0.15, 0.2) is 11.5 Å². The fourth-order valence-electron chi connectivity index (χ4n) is 1.37. The van der Waals surface area contributed by atoms with E-state index in [4.69, 9.17) is 10.8 Å². The Balaban J connectivity index is 2.29. The summed E-state index contributed by atoms with van der Waals surface area (Å²) in [6, 6.07) is 5.10. The molecule has 0 spiro atoms. The van der Waals surface area contributed by atoms with Gasteiger partial charge in [0.1, 0.15) is 0 Å². The van der Waals surface area contributed by atoms with Crippen molar-refractivity contribution < 1.29 is 10.2 Å². The molecule has 0 saturated heterocycles. The van der Waals surface area contributed by atoms with Gasteiger partial charge < -0.3 is 15.9 Å². The zero-order valence-electron chi connectivity index (χ0n) is 6.57. The number of phenolic OH excluding ortho intramolecular Hbond substituents is 2. The van der Waals surface area contributed by atoms with E-state index in [9.17, 15) is 5.11 Å². The first-order valence-electron chi connectivity index (χ1n) is 3.96. The molecule has 2 atom stereocenters. The quantitative estimate of drug-likeness (QED) is 0.542. The van der Waals surface area contributed by atoms with E-state index in [0.717, 1.165) is 12.0 Å². The molecule has 3 heteroatoms. The maximum absolute atomic E-state index is 9.17. The Morgan fingerprint density at radius 2 is 1.92 bits per heavy atom. The van der Waals surface area contributed by atoms with Gasteiger partial charge in [0.05, 0.1) is 0 Å². The van der Waals surface area contributed by atoms with Gasteiger partial charge in [-0.1, -0.05) is 6.07 Å². The van der Waals surface area contributed by atoms with Gasteiger partial charge in [0, 0.05) is 12.0 Å². The third kappa shape index (κ3) is 1.12. The molecule has 1 aromatic carbocycles. The number of phenols is 2. The van der Waals surface area contributed by atoms with Crippen molar-refractivity contribution in [2.24, 2.45) is 5.73 Å². The molecule has 2 unspecified atom stereocenters. The van der Waals surface area contributed by atoms with Crippen LogP contribution in [0.4, 0.5) is 0 Å². The molecule has 0 amide bonds. The van der Waals surface area contributed by atoms with Gasteiger partial charge in [-0.05, 0) is 24.1 Å². The Bertz CT molecular complexity index is 311. The summed E-state index contributed by atoms with van der Waals surface area (Å²) in [6.07, 6.45) is 0.976. The van der Waals surface area contributed by atoms with Crippen molar-refractivity contribution in [3.05, 3.63) is 23.8 Å². The number of benzene rings is 1. The molecular formula is C9H11NO2. The van der Waals surface area contributed by atoms with Crippen LogP contribution >= 0.6 is 0 Å². The van der Waals surface area contributed by atoms with Gasteiger partial charge in [-0.25, -0.2) is 0 Å². The van der Waals surface area contributed by atoms with Gasteiger partial charge in [-0.15, -0.1) is 0 Å². The molecule has 0 bridgehead atoms. The topological polar surface area (TPSA) is 66.5 Å². The normalized spacial score (nSPS) is 27.1. The number of aromatic hydroxyl groups is 2. The molecule has 1 aromatic rings. The first-order valence-corrected chi connectivity index (χ1v) is 3.96. The van der Waals surface area contributed by atoms with Crippen molar-refractivity contribution in [2.45, 2.75) is 18.4 Å². The number of hydrogen-bond acceptors (Lipinski definition) is 3. The van der Waals surface area contributed by atoms with E-state index >= 15 is 0 Å². The van der Waals surface area contributed by atoms with Crippen molar-refractivity contribution in [1.29, 1.82) is 0 Å². The lowest BCUT2D eigenvalue weighted by Crippen LogP contribution is -2.00. The predicted octanol–water partition coefficient (Wildman–Crippen LogP) is 0.912. The minimum Gasteiger partial charge on any atom is -0.504 e. The third-order valence-electron chi connectivity index (χ3n) is 2.27. The Morgan fingerprint density at radius 3 is 2.42 bits per heavy atom. The van der Waals surface area contributed by atoms with Gasteiger partial charge in [-0.2, -0.15) is 0 Å². The molecule has 1 aliphatic carbocycles. The van der Waals surface area contributed by atoms with E-state index < -0.39 is 0 Å². The second-order valence-electron chi connectivity index (χ2n) is 3.25. The maximum atomic E-state index is 9.17. The van der Waals surface area contributed by atoms with Crippen molar-refractivity contribution >= 4 is 0 Å². The summed E-state index contributed by atoms with van der Waals surface area (Å²) in [6.45, 7) is 0. The predicted molar refractivity (Wildman–Crippen MR) is 45.1 cm³/mol. The van der Waals surface area contributed by atoms with Crippen LogP contribution in [0.25, 0.3) is 0 Å². The van der Waals surface area contributed by atoms with Crippen LogP contribution in [-0.4, -0.2) is 16.3 Å². The monoisotopic (exact) mass is 165 g/mol. The highest BCUT2D eigenvalue weighted by Gasteiger charge is 2.34. The summed E-state index contributed by atoms with van der Waals surface area (Å²) in [7, 11) is 0. The molecule has 3 nitrogen and oxygen atoms in total. The minimum atomic E-state index is -0.0760. The average molecular weight is 165 g/mol. The van der Waals surface area contributed by atoms with Gasteiger partial charge in [0.25, 0.3) is 0 Å². The first kappa shape index (κ1) is 7.43. The Hall–Kier alpha value is -1.22. The third-order valence-corrected chi connectivity index (χ3v) is 2.27. The van der Waals surface area contributed by atoms with Crippen molar-refractivity contribution in [3.63, 3.8) is 0 Å². The highest BCUT2D eigenvalue weighted by atomic mass is 16.3. The molecule has 0 radical (unpaired) electrons. The Labute approximate surface area is 70.4 Å². The maximum Gasteiger partial charge on any atom is 0.157 e. The fraction of sp³-hybridized carbons (Fsp3) is 0.333. The summed E-state index contributed by atoms with van der Waals surface area (Å²) in [5.74, 6) is 0.232. The van der Waals surface area contributed by atoms with Gasteiger partial charge in [0.2, 0.25) is 0 Å². The molecular weight excluding hydrogens is 154 g/mol. The molecule has 1 aliphatic rings. The molecule has 12 heavy (non-hydrogen) atoms. The number of hydrogen-bond donors (Lipinski definition) is 3. The average Bonchev–Trinajstić information content (AvgIpc) is 2.73. The number of rotatable bonds is 1. The summed E-state index contributed by atoms with van der Waals surface area (Å²) in [5.41, 5.74) is 6.65. The van der Waals surface area contributed by atoms with E-state index in [-0.39, 0.29) is 17.5 Å². The minimum absolute atomic E-state index is 0.0633. The second kappa shape index (κ2) is 2.38. The van der Waals surface area contributed by atoms with E-state index in [0.29, 0.717) is 5.92 Å². The lowest BCUT2D eigenvalue weighted by Gasteiger charge is -2.01. The lowest BCUT2D eigenvalue weighted by atomic mass is 10.1. The Kier molecular flexibility index (Phi) is 1.48.